The van der Waals surface area contributed by atoms with Crippen molar-refractivity contribution < 1.29 is 9.59 Å². The fourth-order valence-corrected chi connectivity index (χ4v) is 1.59. The third kappa shape index (κ3) is 7.27. The van der Waals surface area contributed by atoms with Crippen molar-refractivity contribution >= 4 is 11.8 Å². The SMILES string of the molecule is CC(C)C(CN)C(=O)NCCC(=O)NC(C)(C)C. The van der Waals surface area contributed by atoms with E-state index in [1.54, 1.807) is 0 Å². The van der Waals surface area contributed by atoms with Gasteiger partial charge in [0.1, 0.15) is 0 Å². The minimum absolute atomic E-state index is 0.0587. The average molecular weight is 257 g/mol. The van der Waals surface area contributed by atoms with Crippen LogP contribution in [0.1, 0.15) is 41.0 Å². The first kappa shape index (κ1) is 16.9. The van der Waals surface area contributed by atoms with Gasteiger partial charge in [0, 0.05) is 25.0 Å². The quantitative estimate of drug-likeness (QED) is 0.653. The Morgan fingerprint density at radius 2 is 1.78 bits per heavy atom. The van der Waals surface area contributed by atoms with Crippen LogP contribution in [0.15, 0.2) is 0 Å². The van der Waals surface area contributed by atoms with Gasteiger partial charge in [-0.15, -0.1) is 0 Å². The van der Waals surface area contributed by atoms with Crippen LogP contribution >= 0.6 is 0 Å². The van der Waals surface area contributed by atoms with Gasteiger partial charge in [-0.05, 0) is 26.7 Å². The summed E-state index contributed by atoms with van der Waals surface area (Å²) in [5.41, 5.74) is 5.31. The van der Waals surface area contributed by atoms with Crippen molar-refractivity contribution in [3.63, 3.8) is 0 Å². The van der Waals surface area contributed by atoms with E-state index in [9.17, 15) is 9.59 Å². The first-order valence-electron chi connectivity index (χ1n) is 6.46. The molecule has 0 aliphatic heterocycles. The smallest absolute Gasteiger partial charge is 0.224 e. The molecule has 0 aliphatic carbocycles. The summed E-state index contributed by atoms with van der Waals surface area (Å²) >= 11 is 0. The Hall–Kier alpha value is -1.10. The fraction of sp³-hybridized carbons (Fsp3) is 0.846. The summed E-state index contributed by atoms with van der Waals surface area (Å²) in [6.07, 6.45) is 0.290. The second-order valence-electron chi connectivity index (χ2n) is 5.93. The number of rotatable bonds is 6. The highest BCUT2D eigenvalue weighted by molar-refractivity contribution is 5.81. The van der Waals surface area contributed by atoms with Crippen LogP contribution in [-0.4, -0.2) is 30.4 Å². The number of amides is 2. The van der Waals surface area contributed by atoms with Crippen molar-refractivity contribution in [3.8, 4) is 0 Å². The lowest BCUT2D eigenvalue weighted by atomic mass is 9.95. The molecule has 0 radical (unpaired) electrons. The van der Waals surface area contributed by atoms with Crippen LogP contribution in [0, 0.1) is 11.8 Å². The second kappa shape index (κ2) is 7.36. The van der Waals surface area contributed by atoms with E-state index in [0.29, 0.717) is 19.5 Å². The topological polar surface area (TPSA) is 84.2 Å². The highest BCUT2D eigenvalue weighted by Gasteiger charge is 2.20. The Bertz CT molecular complexity index is 282. The van der Waals surface area contributed by atoms with E-state index in [0.717, 1.165) is 0 Å². The molecule has 0 bridgehead atoms. The molecule has 1 unspecified atom stereocenters. The summed E-state index contributed by atoms with van der Waals surface area (Å²) < 4.78 is 0. The Labute approximate surface area is 110 Å². The summed E-state index contributed by atoms with van der Waals surface area (Å²) in [6.45, 7) is 10.4. The van der Waals surface area contributed by atoms with Crippen LogP contribution in [0.3, 0.4) is 0 Å². The first-order valence-corrected chi connectivity index (χ1v) is 6.46. The van der Waals surface area contributed by atoms with Crippen LogP contribution in [0.4, 0.5) is 0 Å². The first-order chi connectivity index (χ1) is 8.17. The van der Waals surface area contributed by atoms with Crippen molar-refractivity contribution in [3.05, 3.63) is 0 Å². The van der Waals surface area contributed by atoms with Gasteiger partial charge in [0.05, 0.1) is 5.92 Å². The van der Waals surface area contributed by atoms with E-state index in [4.69, 9.17) is 5.73 Å². The zero-order valence-corrected chi connectivity index (χ0v) is 12.2. The molecule has 5 nitrogen and oxygen atoms in total. The van der Waals surface area contributed by atoms with Crippen molar-refractivity contribution in [1.82, 2.24) is 10.6 Å². The molecule has 0 spiro atoms. The van der Waals surface area contributed by atoms with Crippen LogP contribution in [0.25, 0.3) is 0 Å². The zero-order chi connectivity index (χ0) is 14.3. The lowest BCUT2D eigenvalue weighted by molar-refractivity contribution is -0.126. The van der Waals surface area contributed by atoms with Crippen LogP contribution in [0.2, 0.25) is 0 Å². The van der Waals surface area contributed by atoms with Crippen molar-refractivity contribution in [2.75, 3.05) is 13.1 Å². The molecule has 2 amide bonds. The maximum absolute atomic E-state index is 11.8. The van der Waals surface area contributed by atoms with Gasteiger partial charge in [0.2, 0.25) is 11.8 Å². The molecule has 0 saturated carbocycles. The molecular formula is C13H27N3O2. The molecule has 0 aliphatic rings. The molecule has 106 valence electrons. The predicted molar refractivity (Wildman–Crippen MR) is 72.9 cm³/mol. The lowest BCUT2D eigenvalue weighted by Crippen LogP contribution is -2.43. The van der Waals surface area contributed by atoms with E-state index >= 15 is 0 Å². The molecule has 18 heavy (non-hydrogen) atoms. The fourth-order valence-electron chi connectivity index (χ4n) is 1.59. The Morgan fingerprint density at radius 3 is 2.17 bits per heavy atom. The summed E-state index contributed by atoms with van der Waals surface area (Å²) in [5, 5.41) is 5.60. The third-order valence-corrected chi connectivity index (χ3v) is 2.56. The Balaban J connectivity index is 3.98. The van der Waals surface area contributed by atoms with Gasteiger partial charge in [-0.2, -0.15) is 0 Å². The summed E-state index contributed by atoms with van der Waals surface area (Å²) in [4.78, 5) is 23.3. The van der Waals surface area contributed by atoms with Crippen LogP contribution < -0.4 is 16.4 Å². The predicted octanol–water partition coefficient (Wildman–Crippen LogP) is 0.638. The molecule has 4 N–H and O–H groups in total. The minimum atomic E-state index is -0.237. The van der Waals surface area contributed by atoms with Crippen LogP contribution in [0.5, 0.6) is 0 Å². The highest BCUT2D eigenvalue weighted by Crippen LogP contribution is 2.08. The largest absolute Gasteiger partial charge is 0.355 e. The van der Waals surface area contributed by atoms with Crippen LogP contribution in [-0.2, 0) is 9.59 Å². The van der Waals surface area contributed by atoms with Crippen molar-refractivity contribution in [2.24, 2.45) is 17.6 Å². The van der Waals surface area contributed by atoms with E-state index < -0.39 is 0 Å². The third-order valence-electron chi connectivity index (χ3n) is 2.56. The number of nitrogens with one attached hydrogen (secondary N) is 2. The second-order valence-corrected chi connectivity index (χ2v) is 5.93. The van der Waals surface area contributed by atoms with Crippen molar-refractivity contribution in [2.45, 2.75) is 46.6 Å². The van der Waals surface area contributed by atoms with Crippen molar-refractivity contribution in [1.29, 1.82) is 0 Å². The molecular weight excluding hydrogens is 230 g/mol. The van der Waals surface area contributed by atoms with Gasteiger partial charge in [-0.3, -0.25) is 9.59 Å². The minimum Gasteiger partial charge on any atom is -0.355 e. The number of carbonyl (C=O) groups excluding carboxylic acids is 2. The maximum Gasteiger partial charge on any atom is 0.224 e. The number of hydrogen-bond acceptors (Lipinski definition) is 3. The van der Waals surface area contributed by atoms with E-state index in [-0.39, 0.29) is 29.2 Å². The van der Waals surface area contributed by atoms with Gasteiger partial charge in [-0.25, -0.2) is 0 Å². The number of hydrogen-bond donors (Lipinski definition) is 3. The standard InChI is InChI=1S/C13H27N3O2/c1-9(2)10(8-14)12(18)15-7-6-11(17)16-13(3,4)5/h9-10H,6-8,14H2,1-5H3,(H,15,18)(H,16,17). The maximum atomic E-state index is 11.8. The molecule has 0 saturated heterocycles. The lowest BCUT2D eigenvalue weighted by Gasteiger charge is -2.21. The van der Waals surface area contributed by atoms with Gasteiger partial charge in [-0.1, -0.05) is 13.8 Å². The molecule has 0 fully saturated rings. The highest BCUT2D eigenvalue weighted by atomic mass is 16.2. The Kier molecular flexibility index (Phi) is 6.91. The molecule has 0 aromatic rings. The molecule has 0 rings (SSSR count). The Morgan fingerprint density at radius 1 is 1.22 bits per heavy atom. The number of nitrogens with two attached hydrogens (primary N) is 1. The zero-order valence-electron chi connectivity index (χ0n) is 12.2. The number of carbonyl (C=O) groups is 2. The average Bonchev–Trinajstić information content (AvgIpc) is 2.14. The van der Waals surface area contributed by atoms with Gasteiger partial charge in [0.15, 0.2) is 0 Å². The summed E-state index contributed by atoms with van der Waals surface area (Å²) in [6, 6.07) is 0. The van der Waals surface area contributed by atoms with Gasteiger partial charge in [0.25, 0.3) is 0 Å². The monoisotopic (exact) mass is 257 g/mol. The van der Waals surface area contributed by atoms with E-state index in [1.165, 1.54) is 0 Å². The molecule has 0 heterocycles. The van der Waals surface area contributed by atoms with Gasteiger partial charge >= 0.3 is 0 Å². The summed E-state index contributed by atoms with van der Waals surface area (Å²) in [5.74, 6) is -0.109. The molecule has 0 aromatic heterocycles. The normalized spacial score (nSPS) is 13.3. The van der Waals surface area contributed by atoms with Gasteiger partial charge < -0.3 is 16.4 Å². The van der Waals surface area contributed by atoms with E-state index in [1.807, 2.05) is 34.6 Å². The molecule has 0 aromatic carbocycles. The molecule has 5 heteroatoms. The summed E-state index contributed by atoms with van der Waals surface area (Å²) in [7, 11) is 0. The molecule has 1 atom stereocenters. The van der Waals surface area contributed by atoms with E-state index in [2.05, 4.69) is 10.6 Å².